The Bertz CT molecular complexity index is 1190. The van der Waals surface area contributed by atoms with E-state index >= 15 is 0 Å². The van der Waals surface area contributed by atoms with E-state index in [1.807, 2.05) is 80.6 Å². The van der Waals surface area contributed by atoms with E-state index in [0.717, 1.165) is 33.4 Å². The number of alkyl halides is 2. The molecular formula is C26H19Cl2NO2. The molecule has 3 aromatic carbocycles. The first-order valence-corrected chi connectivity index (χ1v) is 11.1. The Morgan fingerprint density at radius 1 is 0.710 bits per heavy atom. The minimum atomic E-state index is -1.14. The predicted octanol–water partition coefficient (Wildman–Crippen LogP) is 5.40. The summed E-state index contributed by atoms with van der Waals surface area (Å²) in [6.07, 6.45) is 0. The Morgan fingerprint density at radius 3 is 1.52 bits per heavy atom. The molecule has 2 bridgehead atoms. The number of carbonyl (C=O) groups is 2. The number of nitrogens with zero attached hydrogens (tertiary/aromatic N) is 1. The van der Waals surface area contributed by atoms with Gasteiger partial charge in [-0.2, -0.15) is 0 Å². The van der Waals surface area contributed by atoms with E-state index in [1.165, 1.54) is 4.90 Å². The lowest BCUT2D eigenvalue weighted by Crippen LogP contribution is -2.57. The third-order valence-electron chi connectivity index (χ3n) is 7.18. The van der Waals surface area contributed by atoms with Gasteiger partial charge in [0.25, 0.3) is 0 Å². The van der Waals surface area contributed by atoms with Crippen LogP contribution in [0.4, 0.5) is 5.69 Å². The van der Waals surface area contributed by atoms with Crippen molar-refractivity contribution in [2.45, 2.75) is 23.6 Å². The number of imide groups is 1. The molecule has 4 aliphatic rings. The SMILES string of the molecule is Cc1ccc(N2C(=O)[C@@H]3[C@@H](C2=O)C2(Cl)c4ccccc4C3(Cl)c3ccccc32)c(C)c1. The summed E-state index contributed by atoms with van der Waals surface area (Å²) in [5.41, 5.74) is 5.80. The molecule has 1 aliphatic heterocycles. The molecule has 0 radical (unpaired) electrons. The van der Waals surface area contributed by atoms with Crippen LogP contribution < -0.4 is 4.90 Å². The maximum Gasteiger partial charge on any atom is 0.240 e. The van der Waals surface area contributed by atoms with Gasteiger partial charge in [-0.1, -0.05) is 66.2 Å². The summed E-state index contributed by atoms with van der Waals surface area (Å²) in [5.74, 6) is -2.12. The summed E-state index contributed by atoms with van der Waals surface area (Å²) < 4.78 is 0. The highest BCUT2D eigenvalue weighted by Gasteiger charge is 2.73. The van der Waals surface area contributed by atoms with Gasteiger partial charge in [0, 0.05) is 0 Å². The highest BCUT2D eigenvalue weighted by molar-refractivity contribution is 6.38. The number of benzene rings is 3. The molecule has 3 aromatic rings. The van der Waals surface area contributed by atoms with Crippen molar-refractivity contribution < 1.29 is 9.59 Å². The first-order valence-electron chi connectivity index (χ1n) is 10.3. The largest absolute Gasteiger partial charge is 0.274 e. The van der Waals surface area contributed by atoms with Crippen LogP contribution in [0.2, 0.25) is 0 Å². The molecule has 2 atom stereocenters. The summed E-state index contributed by atoms with van der Waals surface area (Å²) in [7, 11) is 0. The third-order valence-corrected chi connectivity index (χ3v) is 8.46. The molecule has 0 N–H and O–H groups in total. The van der Waals surface area contributed by atoms with Gasteiger partial charge < -0.3 is 0 Å². The summed E-state index contributed by atoms with van der Waals surface area (Å²) in [6, 6.07) is 21.1. The summed E-state index contributed by atoms with van der Waals surface area (Å²) in [5, 5.41) is 0. The Hall–Kier alpha value is -2.62. The number of amides is 2. The van der Waals surface area contributed by atoms with E-state index < -0.39 is 21.6 Å². The van der Waals surface area contributed by atoms with Gasteiger partial charge in [0.15, 0.2) is 0 Å². The van der Waals surface area contributed by atoms with Crippen LogP contribution in [0.1, 0.15) is 33.4 Å². The van der Waals surface area contributed by atoms with Crippen molar-refractivity contribution in [1.29, 1.82) is 0 Å². The van der Waals surface area contributed by atoms with E-state index in [4.69, 9.17) is 23.2 Å². The number of hydrogen-bond donors (Lipinski definition) is 0. The lowest BCUT2D eigenvalue weighted by atomic mass is 9.54. The molecule has 31 heavy (non-hydrogen) atoms. The molecule has 3 nitrogen and oxygen atoms in total. The van der Waals surface area contributed by atoms with Crippen molar-refractivity contribution in [2.75, 3.05) is 4.90 Å². The Labute approximate surface area is 190 Å². The fourth-order valence-electron chi connectivity index (χ4n) is 5.96. The zero-order chi connectivity index (χ0) is 21.7. The Morgan fingerprint density at radius 2 is 1.13 bits per heavy atom. The summed E-state index contributed by atoms with van der Waals surface area (Å²) >= 11 is 14.9. The molecule has 1 saturated heterocycles. The number of carbonyl (C=O) groups excluding carboxylic acids is 2. The number of halogens is 2. The van der Waals surface area contributed by atoms with Crippen molar-refractivity contribution in [3.05, 3.63) is 100 Å². The minimum Gasteiger partial charge on any atom is -0.274 e. The van der Waals surface area contributed by atoms with Crippen molar-refractivity contribution in [3.63, 3.8) is 0 Å². The molecule has 154 valence electrons. The van der Waals surface area contributed by atoms with Gasteiger partial charge in [0.2, 0.25) is 11.8 Å². The zero-order valence-electron chi connectivity index (χ0n) is 17.0. The molecule has 2 amide bonds. The number of rotatable bonds is 1. The third kappa shape index (κ3) is 2.07. The Balaban J connectivity index is 1.66. The van der Waals surface area contributed by atoms with Gasteiger partial charge in [0.05, 0.1) is 17.5 Å². The lowest BCUT2D eigenvalue weighted by Gasteiger charge is -2.54. The average molecular weight is 448 g/mol. The van der Waals surface area contributed by atoms with Crippen LogP contribution in [0, 0.1) is 25.7 Å². The standard InChI is InChI=1S/C26H19Cl2NO2/c1-14-11-12-20(15(2)13-14)29-23(30)21-22(24(29)31)26(28)17-8-4-3-7-16(17)25(21,27)18-9-5-6-10-19(18)26/h3-13,21-22H,1-2H3/t21-,22-,25?,26?/m0/s1. The van der Waals surface area contributed by atoms with E-state index in [2.05, 4.69) is 0 Å². The van der Waals surface area contributed by atoms with Crippen LogP contribution in [-0.2, 0) is 19.3 Å². The number of anilines is 1. The number of hydrogen-bond acceptors (Lipinski definition) is 2. The van der Waals surface area contributed by atoms with Crippen molar-refractivity contribution in [3.8, 4) is 0 Å². The molecule has 0 aromatic heterocycles. The maximum atomic E-state index is 13.9. The first kappa shape index (κ1) is 19.1. The topological polar surface area (TPSA) is 37.4 Å². The van der Waals surface area contributed by atoms with E-state index in [9.17, 15) is 9.59 Å². The van der Waals surface area contributed by atoms with Gasteiger partial charge in [-0.3, -0.25) is 9.59 Å². The fourth-order valence-corrected chi connectivity index (χ4v) is 7.06. The van der Waals surface area contributed by atoms with Gasteiger partial charge in [0.1, 0.15) is 9.75 Å². The molecule has 0 spiro atoms. The predicted molar refractivity (Wildman–Crippen MR) is 122 cm³/mol. The first-order chi connectivity index (χ1) is 14.8. The quantitative estimate of drug-likeness (QED) is 0.369. The second-order valence-electron chi connectivity index (χ2n) is 8.77. The van der Waals surface area contributed by atoms with Gasteiger partial charge in [-0.15, -0.1) is 23.2 Å². The summed E-state index contributed by atoms with van der Waals surface area (Å²) in [4.78, 5) is 26.8. The van der Waals surface area contributed by atoms with Crippen molar-refractivity contribution >= 4 is 40.7 Å². The van der Waals surface area contributed by atoms with Crippen LogP contribution >= 0.6 is 23.2 Å². The number of aryl methyl sites for hydroxylation is 2. The molecule has 1 fully saturated rings. The van der Waals surface area contributed by atoms with E-state index in [-0.39, 0.29) is 11.8 Å². The molecule has 3 aliphatic carbocycles. The highest BCUT2D eigenvalue weighted by Crippen LogP contribution is 2.69. The minimum absolute atomic E-state index is 0.286. The highest BCUT2D eigenvalue weighted by atomic mass is 35.5. The van der Waals surface area contributed by atoms with Crippen molar-refractivity contribution in [2.24, 2.45) is 11.8 Å². The zero-order valence-corrected chi connectivity index (χ0v) is 18.5. The molecular weight excluding hydrogens is 429 g/mol. The van der Waals surface area contributed by atoms with Crippen LogP contribution in [-0.4, -0.2) is 11.8 Å². The molecule has 0 saturated carbocycles. The molecule has 0 unspecified atom stereocenters. The van der Waals surface area contributed by atoms with Crippen LogP contribution in [0.5, 0.6) is 0 Å². The van der Waals surface area contributed by atoms with Crippen molar-refractivity contribution in [1.82, 2.24) is 0 Å². The normalized spacial score (nSPS) is 30.3. The second-order valence-corrected chi connectivity index (χ2v) is 9.96. The monoisotopic (exact) mass is 447 g/mol. The lowest BCUT2D eigenvalue weighted by molar-refractivity contribution is -0.122. The van der Waals surface area contributed by atoms with Crippen LogP contribution in [0.3, 0.4) is 0 Å². The average Bonchev–Trinajstić information content (AvgIpc) is 3.04. The van der Waals surface area contributed by atoms with Crippen LogP contribution in [0.25, 0.3) is 0 Å². The van der Waals surface area contributed by atoms with Gasteiger partial charge >= 0.3 is 0 Å². The van der Waals surface area contributed by atoms with E-state index in [0.29, 0.717) is 5.69 Å². The summed E-state index contributed by atoms with van der Waals surface area (Å²) in [6.45, 7) is 3.90. The molecule has 5 heteroatoms. The van der Waals surface area contributed by atoms with Gasteiger partial charge in [-0.25, -0.2) is 4.90 Å². The smallest absolute Gasteiger partial charge is 0.240 e. The van der Waals surface area contributed by atoms with E-state index in [1.54, 1.807) is 0 Å². The molecule has 1 heterocycles. The Kier molecular flexibility index (Phi) is 3.69. The van der Waals surface area contributed by atoms with Gasteiger partial charge in [-0.05, 0) is 47.7 Å². The maximum absolute atomic E-state index is 13.9. The molecule has 7 rings (SSSR count). The second kappa shape index (κ2) is 5.99. The fraction of sp³-hybridized carbons (Fsp3) is 0.231. The van der Waals surface area contributed by atoms with Crippen LogP contribution in [0.15, 0.2) is 66.7 Å².